The van der Waals surface area contributed by atoms with Gasteiger partial charge in [-0.3, -0.25) is 4.79 Å². The van der Waals surface area contributed by atoms with E-state index in [1.54, 1.807) is 6.92 Å². The van der Waals surface area contributed by atoms with Crippen LogP contribution in [0, 0.1) is 0 Å². The van der Waals surface area contributed by atoms with E-state index in [2.05, 4.69) is 21.2 Å². The highest BCUT2D eigenvalue weighted by molar-refractivity contribution is 9.09. The molecular formula is C13H16BrNO3. The van der Waals surface area contributed by atoms with Crippen LogP contribution in [0.5, 0.6) is 0 Å². The van der Waals surface area contributed by atoms with Crippen LogP contribution in [0.4, 0.5) is 4.79 Å². The van der Waals surface area contributed by atoms with Gasteiger partial charge in [-0.15, -0.1) is 0 Å². The van der Waals surface area contributed by atoms with Gasteiger partial charge in [0.1, 0.15) is 0 Å². The van der Waals surface area contributed by atoms with Gasteiger partial charge in [0.25, 0.3) is 0 Å². The number of alkyl carbamates (subject to hydrolysis) is 1. The highest BCUT2D eigenvalue weighted by Gasteiger charge is 2.20. The number of carbonyl (C=O) groups is 2. The minimum absolute atomic E-state index is 0.0769. The van der Waals surface area contributed by atoms with Crippen molar-refractivity contribution >= 4 is 27.8 Å². The fraction of sp³-hybridized carbons (Fsp3) is 0.385. The lowest BCUT2D eigenvalue weighted by atomic mass is 10.0. The fourth-order valence-corrected chi connectivity index (χ4v) is 1.89. The Morgan fingerprint density at radius 1 is 1.33 bits per heavy atom. The second-order valence-electron chi connectivity index (χ2n) is 3.71. The molecule has 0 heterocycles. The molecule has 0 unspecified atom stereocenters. The summed E-state index contributed by atoms with van der Waals surface area (Å²) in [6, 6.07) is 8.97. The summed E-state index contributed by atoms with van der Waals surface area (Å²) in [4.78, 5) is 23.1. The average molecular weight is 314 g/mol. The predicted molar refractivity (Wildman–Crippen MR) is 72.9 cm³/mol. The van der Waals surface area contributed by atoms with Crippen LogP contribution in [0.25, 0.3) is 0 Å². The lowest BCUT2D eigenvalue weighted by Gasteiger charge is -2.16. The minimum atomic E-state index is -0.564. The Balaban J connectivity index is 2.67. The molecule has 5 heteroatoms. The Hall–Kier alpha value is -1.36. The predicted octanol–water partition coefficient (Wildman–Crippen LogP) is 2.31. The average Bonchev–Trinajstić information content (AvgIpc) is 2.38. The van der Waals surface area contributed by atoms with E-state index in [0.717, 1.165) is 5.56 Å². The van der Waals surface area contributed by atoms with Crippen molar-refractivity contribution in [2.45, 2.75) is 19.4 Å². The number of carbonyl (C=O) groups excluding carboxylic acids is 2. The number of benzene rings is 1. The number of rotatable bonds is 6. The van der Waals surface area contributed by atoms with Gasteiger partial charge in [-0.1, -0.05) is 46.3 Å². The van der Waals surface area contributed by atoms with Crippen molar-refractivity contribution in [3.63, 3.8) is 0 Å². The first-order chi connectivity index (χ1) is 8.67. The van der Waals surface area contributed by atoms with Crippen LogP contribution in [0.1, 0.15) is 12.5 Å². The van der Waals surface area contributed by atoms with Gasteiger partial charge in [0, 0.05) is 0 Å². The summed E-state index contributed by atoms with van der Waals surface area (Å²) in [5, 5.41) is 2.78. The molecule has 0 fully saturated rings. The first-order valence-electron chi connectivity index (χ1n) is 5.73. The summed E-state index contributed by atoms with van der Waals surface area (Å²) in [5.41, 5.74) is 0.994. The molecule has 0 saturated heterocycles. The maximum absolute atomic E-state index is 11.7. The maximum atomic E-state index is 11.7. The molecule has 0 radical (unpaired) electrons. The van der Waals surface area contributed by atoms with Crippen LogP contribution >= 0.6 is 15.9 Å². The van der Waals surface area contributed by atoms with Gasteiger partial charge in [0.2, 0.25) is 0 Å². The number of ether oxygens (including phenoxy) is 1. The van der Waals surface area contributed by atoms with E-state index >= 15 is 0 Å². The third kappa shape index (κ3) is 4.87. The van der Waals surface area contributed by atoms with E-state index in [0.29, 0.717) is 6.42 Å². The summed E-state index contributed by atoms with van der Waals surface area (Å²) >= 11 is 3.12. The number of halogens is 1. The molecule has 1 rings (SSSR count). The zero-order valence-electron chi connectivity index (χ0n) is 10.2. The summed E-state index contributed by atoms with van der Waals surface area (Å²) in [6.07, 6.45) is -0.0999. The summed E-state index contributed by atoms with van der Waals surface area (Å²) < 4.78 is 4.79. The standard InChI is InChI=1S/C13H16BrNO3/c1-2-18-13(17)15-11(12(16)9-14)8-10-6-4-3-5-7-10/h3-7,11H,2,8-9H2,1H3,(H,15,17)/t11-/m1/s1. The molecule has 0 aliphatic heterocycles. The SMILES string of the molecule is CCOC(=O)N[C@H](Cc1ccccc1)C(=O)CBr. The lowest BCUT2D eigenvalue weighted by Crippen LogP contribution is -2.43. The van der Waals surface area contributed by atoms with E-state index in [9.17, 15) is 9.59 Å². The van der Waals surface area contributed by atoms with Crippen LogP contribution in [0.2, 0.25) is 0 Å². The van der Waals surface area contributed by atoms with Gasteiger partial charge >= 0.3 is 6.09 Å². The van der Waals surface area contributed by atoms with Crippen LogP contribution in [-0.2, 0) is 16.0 Å². The van der Waals surface area contributed by atoms with Crippen molar-refractivity contribution in [3.05, 3.63) is 35.9 Å². The fourth-order valence-electron chi connectivity index (χ4n) is 1.50. The first-order valence-corrected chi connectivity index (χ1v) is 6.85. The molecule has 0 saturated carbocycles. The number of amides is 1. The van der Waals surface area contributed by atoms with Crippen LogP contribution in [-0.4, -0.2) is 29.9 Å². The van der Waals surface area contributed by atoms with Crippen LogP contribution < -0.4 is 5.32 Å². The molecule has 0 bridgehead atoms. The van der Waals surface area contributed by atoms with Crippen molar-refractivity contribution in [3.8, 4) is 0 Å². The molecule has 0 aromatic heterocycles. The Kier molecular flexibility index (Phi) is 6.43. The number of alkyl halides is 1. The molecule has 0 spiro atoms. The number of ketones is 1. The third-order valence-electron chi connectivity index (χ3n) is 2.37. The van der Waals surface area contributed by atoms with Gasteiger partial charge in [0.15, 0.2) is 5.78 Å². The highest BCUT2D eigenvalue weighted by atomic mass is 79.9. The van der Waals surface area contributed by atoms with Crippen molar-refractivity contribution in [1.29, 1.82) is 0 Å². The quantitative estimate of drug-likeness (QED) is 0.820. The van der Waals surface area contributed by atoms with E-state index in [1.165, 1.54) is 0 Å². The Labute approximate surface area is 115 Å². The van der Waals surface area contributed by atoms with Crippen LogP contribution in [0.15, 0.2) is 30.3 Å². The molecule has 1 amide bonds. The van der Waals surface area contributed by atoms with Crippen LogP contribution in [0.3, 0.4) is 0 Å². The number of hydrogen-bond acceptors (Lipinski definition) is 3. The monoisotopic (exact) mass is 313 g/mol. The number of hydrogen-bond donors (Lipinski definition) is 1. The zero-order valence-corrected chi connectivity index (χ0v) is 11.8. The van der Waals surface area contributed by atoms with Gasteiger partial charge in [0.05, 0.1) is 18.0 Å². The van der Waals surface area contributed by atoms with E-state index in [-0.39, 0.29) is 17.7 Å². The van der Waals surface area contributed by atoms with Crippen molar-refractivity contribution in [1.82, 2.24) is 5.32 Å². The third-order valence-corrected chi connectivity index (χ3v) is 2.92. The lowest BCUT2D eigenvalue weighted by molar-refractivity contribution is -0.118. The second kappa shape index (κ2) is 7.87. The normalized spacial score (nSPS) is 11.7. The molecule has 0 aliphatic rings. The molecule has 98 valence electrons. The molecule has 1 atom stereocenters. The molecule has 0 aliphatic carbocycles. The molecule has 18 heavy (non-hydrogen) atoms. The first kappa shape index (κ1) is 14.7. The maximum Gasteiger partial charge on any atom is 0.407 e. The molecule has 1 aromatic carbocycles. The van der Waals surface area contributed by atoms with Crippen molar-refractivity contribution < 1.29 is 14.3 Å². The molecular weight excluding hydrogens is 298 g/mol. The smallest absolute Gasteiger partial charge is 0.407 e. The summed E-state index contributed by atoms with van der Waals surface area (Å²) in [7, 11) is 0. The van der Waals surface area contributed by atoms with Gasteiger partial charge in [-0.05, 0) is 18.9 Å². The minimum Gasteiger partial charge on any atom is -0.450 e. The second-order valence-corrected chi connectivity index (χ2v) is 4.27. The molecule has 1 aromatic rings. The van der Waals surface area contributed by atoms with E-state index in [4.69, 9.17) is 4.74 Å². The van der Waals surface area contributed by atoms with Gasteiger partial charge in [-0.2, -0.15) is 0 Å². The largest absolute Gasteiger partial charge is 0.450 e. The van der Waals surface area contributed by atoms with Crippen molar-refractivity contribution in [2.24, 2.45) is 0 Å². The summed E-state index contributed by atoms with van der Waals surface area (Å²) in [5.74, 6) is -0.0769. The Bertz CT molecular complexity index is 394. The van der Waals surface area contributed by atoms with Gasteiger partial charge < -0.3 is 10.1 Å². The molecule has 1 N–H and O–H groups in total. The number of Topliss-reactive ketones (excluding diaryl/α,β-unsaturated/α-hetero) is 1. The number of nitrogens with one attached hydrogen (secondary N) is 1. The Morgan fingerprint density at radius 3 is 2.56 bits per heavy atom. The molecule has 4 nitrogen and oxygen atoms in total. The van der Waals surface area contributed by atoms with E-state index < -0.39 is 12.1 Å². The highest BCUT2D eigenvalue weighted by Crippen LogP contribution is 2.05. The topological polar surface area (TPSA) is 55.4 Å². The van der Waals surface area contributed by atoms with Crippen molar-refractivity contribution in [2.75, 3.05) is 11.9 Å². The Morgan fingerprint density at radius 2 is 2.00 bits per heavy atom. The summed E-state index contributed by atoms with van der Waals surface area (Å²) in [6.45, 7) is 2.00. The van der Waals surface area contributed by atoms with Gasteiger partial charge in [-0.25, -0.2) is 4.79 Å². The zero-order chi connectivity index (χ0) is 13.4. The van der Waals surface area contributed by atoms with E-state index in [1.807, 2.05) is 30.3 Å².